The monoisotopic (exact) mass is 410 g/mol. The van der Waals surface area contributed by atoms with Crippen LogP contribution in [0.15, 0.2) is 84.0 Å². The van der Waals surface area contributed by atoms with Crippen LogP contribution < -0.4 is 9.64 Å². The van der Waals surface area contributed by atoms with Crippen LogP contribution in [0.3, 0.4) is 0 Å². The molecule has 5 nitrogen and oxygen atoms in total. The molecule has 0 N–H and O–H groups in total. The molecule has 0 amide bonds. The molecule has 2 atom stereocenters. The highest BCUT2D eigenvalue weighted by Gasteiger charge is 2.34. The van der Waals surface area contributed by atoms with Crippen molar-refractivity contribution in [3.8, 4) is 11.8 Å². The molecule has 1 aliphatic rings. The second kappa shape index (κ2) is 8.93. The van der Waals surface area contributed by atoms with Crippen LogP contribution in [0.4, 0.5) is 5.69 Å². The van der Waals surface area contributed by atoms with Crippen molar-refractivity contribution in [2.45, 2.75) is 18.5 Å². The van der Waals surface area contributed by atoms with E-state index in [-0.39, 0.29) is 6.04 Å². The molecule has 0 bridgehead atoms. The number of rotatable bonds is 6. The zero-order chi connectivity index (χ0) is 21.8. The minimum absolute atomic E-state index is 0.00326. The van der Waals surface area contributed by atoms with Gasteiger partial charge in [-0.15, -0.1) is 0 Å². The van der Waals surface area contributed by atoms with Gasteiger partial charge in [0, 0.05) is 26.2 Å². The summed E-state index contributed by atoms with van der Waals surface area (Å²) in [6, 6.07) is 28.4. The number of anilines is 1. The first kappa shape index (κ1) is 20.5. The summed E-state index contributed by atoms with van der Waals surface area (Å²) >= 11 is 0. The van der Waals surface area contributed by atoms with Crippen molar-refractivity contribution >= 4 is 11.4 Å². The standard InChI is InChI=1S/C26H26N4O/c1-29(2)22-13-9-21(10-14-22)26(18-27)30-25(20-7-5-4-6-8-20)17-24(28-30)19-11-15-23(31-3)16-12-19/h4-16,25-26H,17H2,1-3H3. The molecular formula is C26H26N4O. The third kappa shape index (κ3) is 4.24. The molecule has 1 heterocycles. The van der Waals surface area contributed by atoms with Gasteiger partial charge in [-0.2, -0.15) is 10.4 Å². The van der Waals surface area contributed by atoms with Crippen molar-refractivity contribution < 1.29 is 4.74 Å². The van der Waals surface area contributed by atoms with Gasteiger partial charge in [0.25, 0.3) is 0 Å². The van der Waals surface area contributed by atoms with Gasteiger partial charge in [-0.3, -0.25) is 5.01 Å². The van der Waals surface area contributed by atoms with Crippen molar-refractivity contribution in [1.82, 2.24) is 5.01 Å². The van der Waals surface area contributed by atoms with Crippen LogP contribution in [-0.2, 0) is 0 Å². The Bertz CT molecular complexity index is 1080. The molecule has 0 fully saturated rings. The lowest BCUT2D eigenvalue weighted by molar-refractivity contribution is 0.196. The number of ether oxygens (including phenoxy) is 1. The van der Waals surface area contributed by atoms with Crippen LogP contribution in [0.25, 0.3) is 0 Å². The molecule has 4 rings (SSSR count). The van der Waals surface area contributed by atoms with E-state index in [2.05, 4.69) is 18.2 Å². The summed E-state index contributed by atoms with van der Waals surface area (Å²) in [6.07, 6.45) is 0.740. The minimum Gasteiger partial charge on any atom is -0.497 e. The van der Waals surface area contributed by atoms with E-state index in [1.165, 1.54) is 0 Å². The van der Waals surface area contributed by atoms with E-state index in [0.717, 1.165) is 40.3 Å². The lowest BCUT2D eigenvalue weighted by Gasteiger charge is -2.28. The van der Waals surface area contributed by atoms with Crippen molar-refractivity contribution in [1.29, 1.82) is 5.26 Å². The van der Waals surface area contributed by atoms with Crippen molar-refractivity contribution in [2.24, 2.45) is 5.10 Å². The summed E-state index contributed by atoms with van der Waals surface area (Å²) in [4.78, 5) is 2.05. The maximum absolute atomic E-state index is 10.1. The maximum Gasteiger partial charge on any atom is 0.159 e. The molecule has 0 aromatic heterocycles. The third-order valence-corrected chi connectivity index (χ3v) is 5.66. The summed E-state index contributed by atoms with van der Waals surface area (Å²) < 4.78 is 5.29. The number of nitrogens with zero attached hydrogens (tertiary/aromatic N) is 4. The number of nitriles is 1. The number of hydrogen-bond acceptors (Lipinski definition) is 5. The van der Waals surface area contributed by atoms with Crippen molar-refractivity contribution in [3.05, 3.63) is 95.6 Å². The van der Waals surface area contributed by atoms with Crippen molar-refractivity contribution in [2.75, 3.05) is 26.1 Å². The first-order chi connectivity index (χ1) is 15.1. The Hall–Kier alpha value is -3.78. The van der Waals surface area contributed by atoms with Crippen LogP contribution in [0, 0.1) is 11.3 Å². The average Bonchev–Trinajstić information content (AvgIpc) is 3.25. The predicted octanol–water partition coefficient (Wildman–Crippen LogP) is 5.18. The summed E-state index contributed by atoms with van der Waals surface area (Å²) in [5.74, 6) is 0.815. The Balaban J connectivity index is 1.72. The van der Waals surface area contributed by atoms with E-state index in [0.29, 0.717) is 0 Å². The molecular weight excluding hydrogens is 384 g/mol. The summed E-state index contributed by atoms with van der Waals surface area (Å²) in [6.45, 7) is 0. The number of hydrazone groups is 1. The highest BCUT2D eigenvalue weighted by Crippen LogP contribution is 2.39. The van der Waals surface area contributed by atoms with Gasteiger partial charge in [-0.05, 0) is 53.1 Å². The molecule has 3 aromatic rings. The highest BCUT2D eigenvalue weighted by molar-refractivity contribution is 6.02. The molecule has 0 spiro atoms. The fraction of sp³-hybridized carbons (Fsp3) is 0.231. The fourth-order valence-corrected chi connectivity index (χ4v) is 3.91. The number of hydrogen-bond donors (Lipinski definition) is 0. The quantitative estimate of drug-likeness (QED) is 0.562. The smallest absolute Gasteiger partial charge is 0.159 e. The maximum atomic E-state index is 10.1. The van der Waals surface area contributed by atoms with Crippen LogP contribution in [0.1, 0.15) is 35.2 Å². The minimum atomic E-state index is -0.475. The predicted molar refractivity (Wildman–Crippen MR) is 124 cm³/mol. The lowest BCUT2D eigenvalue weighted by Crippen LogP contribution is -2.24. The summed E-state index contributed by atoms with van der Waals surface area (Å²) in [5.41, 5.74) is 5.21. The fourth-order valence-electron chi connectivity index (χ4n) is 3.91. The van der Waals surface area contributed by atoms with Crippen LogP contribution in [0.5, 0.6) is 5.75 Å². The zero-order valence-corrected chi connectivity index (χ0v) is 18.1. The lowest BCUT2D eigenvalue weighted by atomic mass is 9.97. The normalized spacial score (nSPS) is 16.4. The van der Waals surface area contributed by atoms with Gasteiger partial charge in [0.05, 0.1) is 24.9 Å². The molecule has 0 saturated heterocycles. The zero-order valence-electron chi connectivity index (χ0n) is 18.1. The van der Waals surface area contributed by atoms with Gasteiger partial charge in [0.15, 0.2) is 6.04 Å². The largest absolute Gasteiger partial charge is 0.497 e. The average molecular weight is 411 g/mol. The summed E-state index contributed by atoms with van der Waals surface area (Å²) in [7, 11) is 5.68. The number of methoxy groups -OCH3 is 1. The Morgan fingerprint density at radius 3 is 2.26 bits per heavy atom. The molecule has 156 valence electrons. The highest BCUT2D eigenvalue weighted by atomic mass is 16.5. The molecule has 5 heteroatoms. The molecule has 0 aliphatic carbocycles. The molecule has 2 unspecified atom stereocenters. The Labute approximate surface area is 183 Å². The first-order valence-corrected chi connectivity index (χ1v) is 10.3. The topological polar surface area (TPSA) is 51.9 Å². The van der Waals surface area contributed by atoms with Gasteiger partial charge >= 0.3 is 0 Å². The second-order valence-corrected chi connectivity index (χ2v) is 7.80. The Kier molecular flexibility index (Phi) is 5.90. The molecule has 0 saturated carbocycles. The number of benzene rings is 3. The third-order valence-electron chi connectivity index (χ3n) is 5.66. The van der Waals surface area contributed by atoms with Crippen molar-refractivity contribution in [3.63, 3.8) is 0 Å². The van der Waals surface area contributed by atoms with E-state index < -0.39 is 6.04 Å². The first-order valence-electron chi connectivity index (χ1n) is 10.3. The van der Waals surface area contributed by atoms with Crippen LogP contribution in [-0.4, -0.2) is 31.9 Å². The van der Waals surface area contributed by atoms with Gasteiger partial charge in [-0.25, -0.2) is 0 Å². The van der Waals surface area contributed by atoms with E-state index in [4.69, 9.17) is 9.84 Å². The van der Waals surface area contributed by atoms with Crippen LogP contribution >= 0.6 is 0 Å². The van der Waals surface area contributed by atoms with E-state index in [9.17, 15) is 5.26 Å². The van der Waals surface area contributed by atoms with E-state index in [1.54, 1.807) is 7.11 Å². The SMILES string of the molecule is COc1ccc(C2=NN(C(C#N)c3ccc(N(C)C)cc3)C(c3ccccc3)C2)cc1. The van der Waals surface area contributed by atoms with Gasteiger partial charge in [0.1, 0.15) is 5.75 Å². The molecule has 3 aromatic carbocycles. The van der Waals surface area contributed by atoms with E-state index in [1.807, 2.05) is 90.7 Å². The molecule has 1 aliphatic heterocycles. The van der Waals surface area contributed by atoms with Gasteiger partial charge < -0.3 is 9.64 Å². The van der Waals surface area contributed by atoms with Gasteiger partial charge in [0.2, 0.25) is 0 Å². The Morgan fingerprint density at radius 2 is 1.68 bits per heavy atom. The second-order valence-electron chi connectivity index (χ2n) is 7.80. The van der Waals surface area contributed by atoms with Crippen LogP contribution in [0.2, 0.25) is 0 Å². The summed E-state index contributed by atoms with van der Waals surface area (Å²) in [5, 5.41) is 17.0. The molecule has 31 heavy (non-hydrogen) atoms. The van der Waals surface area contributed by atoms with E-state index >= 15 is 0 Å². The molecule has 0 radical (unpaired) electrons. The Morgan fingerprint density at radius 1 is 1.00 bits per heavy atom. The van der Waals surface area contributed by atoms with Gasteiger partial charge in [-0.1, -0.05) is 42.5 Å².